The van der Waals surface area contributed by atoms with E-state index in [0.717, 1.165) is 10.3 Å². The van der Waals surface area contributed by atoms with E-state index in [-0.39, 0.29) is 0 Å². The summed E-state index contributed by atoms with van der Waals surface area (Å²) in [7, 11) is 0. The second-order valence-corrected chi connectivity index (χ2v) is 2.28. The molecule has 0 fully saturated rings. The number of halogens is 1. The highest BCUT2D eigenvalue weighted by Crippen LogP contribution is 2.03. The molecule has 0 N–H and O–H groups in total. The maximum Gasteiger partial charge on any atom is 0.125 e. The quantitative estimate of drug-likeness (QED) is 0.667. The van der Waals surface area contributed by atoms with Crippen molar-refractivity contribution in [1.29, 1.82) is 0 Å². The van der Waals surface area contributed by atoms with Gasteiger partial charge in [-0.15, -0.1) is 0 Å². The Kier molecular flexibility index (Phi) is 1.95. The van der Waals surface area contributed by atoms with Crippen molar-refractivity contribution in [2.75, 3.05) is 0 Å². The van der Waals surface area contributed by atoms with E-state index in [1.54, 1.807) is 18.5 Å². The first-order chi connectivity index (χ1) is 4.33. The third-order valence-electron chi connectivity index (χ3n) is 0.833. The summed E-state index contributed by atoms with van der Waals surface area (Å²) in [6.07, 6.45) is 4.93. The van der Waals surface area contributed by atoms with Crippen LogP contribution in [0.4, 0.5) is 0 Å². The van der Waals surface area contributed by atoms with E-state index in [2.05, 4.69) is 32.5 Å². The Morgan fingerprint density at radius 3 is 2.78 bits per heavy atom. The third-order valence-corrected chi connectivity index (χ3v) is 1.21. The van der Waals surface area contributed by atoms with E-state index in [1.165, 1.54) is 0 Å². The molecule has 46 valence electrons. The van der Waals surface area contributed by atoms with Crippen LogP contribution in [0.2, 0.25) is 0 Å². The molecule has 0 aliphatic carbocycles. The molecule has 9 heavy (non-hydrogen) atoms. The molecule has 0 atom stereocenters. The lowest BCUT2D eigenvalue weighted by atomic mass is 10.5. The molecule has 0 saturated heterocycles. The second kappa shape index (κ2) is 2.73. The second-order valence-electron chi connectivity index (χ2n) is 1.47. The van der Waals surface area contributed by atoms with Gasteiger partial charge in [0.1, 0.15) is 4.60 Å². The Balaban J connectivity index is 3.07. The predicted molar refractivity (Wildman–Crippen MR) is 39.8 cm³/mol. The number of nitrogens with zero attached hydrogens (tertiary/aromatic N) is 2. The summed E-state index contributed by atoms with van der Waals surface area (Å²) in [5.74, 6) is 0. The fourth-order valence-electron chi connectivity index (χ4n) is 0.455. The molecule has 0 aromatic carbocycles. The zero-order valence-electron chi connectivity index (χ0n) is 4.71. The van der Waals surface area contributed by atoms with E-state index in [4.69, 9.17) is 0 Å². The first-order valence-corrected chi connectivity index (χ1v) is 3.22. The highest BCUT2D eigenvalue weighted by atomic mass is 79.9. The Morgan fingerprint density at radius 2 is 2.33 bits per heavy atom. The van der Waals surface area contributed by atoms with Crippen LogP contribution in [0.3, 0.4) is 0 Å². The van der Waals surface area contributed by atoms with Crippen LogP contribution in [0.5, 0.6) is 0 Å². The third kappa shape index (κ3) is 1.61. The minimum atomic E-state index is 0.736. The van der Waals surface area contributed by atoms with Crippen LogP contribution in [0, 0.1) is 0 Å². The van der Waals surface area contributed by atoms with Crippen LogP contribution in [0.15, 0.2) is 23.6 Å². The molecule has 1 aromatic rings. The molecule has 0 bridgehead atoms. The summed E-state index contributed by atoms with van der Waals surface area (Å²) in [6, 6.07) is 0. The highest BCUT2D eigenvalue weighted by molar-refractivity contribution is 9.10. The lowest BCUT2D eigenvalue weighted by Gasteiger charge is -1.89. The largest absolute Gasteiger partial charge is 0.260 e. The average Bonchev–Trinajstić information content (AvgIpc) is 1.88. The van der Waals surface area contributed by atoms with E-state index in [0.29, 0.717) is 0 Å². The van der Waals surface area contributed by atoms with Crippen molar-refractivity contribution >= 4 is 22.0 Å². The van der Waals surface area contributed by atoms with Gasteiger partial charge in [0.2, 0.25) is 0 Å². The highest BCUT2D eigenvalue weighted by Gasteiger charge is 1.87. The molecule has 0 unspecified atom stereocenters. The first-order valence-electron chi connectivity index (χ1n) is 2.43. The van der Waals surface area contributed by atoms with Gasteiger partial charge in [-0.05, 0) is 22.0 Å². The fourth-order valence-corrected chi connectivity index (χ4v) is 0.778. The molecule has 0 saturated carbocycles. The van der Waals surface area contributed by atoms with Gasteiger partial charge in [0.25, 0.3) is 0 Å². The minimum Gasteiger partial charge on any atom is -0.260 e. The van der Waals surface area contributed by atoms with Crippen molar-refractivity contribution < 1.29 is 0 Å². The summed E-state index contributed by atoms with van der Waals surface area (Å²) >= 11 is 3.18. The van der Waals surface area contributed by atoms with Gasteiger partial charge < -0.3 is 0 Å². The SMILES string of the molecule is C=Cc1cncc(Br)n1. The molecule has 1 aromatic heterocycles. The normalized spacial score (nSPS) is 9.00. The first kappa shape index (κ1) is 6.42. The fraction of sp³-hybridized carbons (Fsp3) is 0. The van der Waals surface area contributed by atoms with Crippen LogP contribution < -0.4 is 0 Å². The van der Waals surface area contributed by atoms with Gasteiger partial charge in [-0.2, -0.15) is 0 Å². The summed E-state index contributed by atoms with van der Waals surface area (Å²) in [5, 5.41) is 0. The molecule has 2 nitrogen and oxygen atoms in total. The maximum atomic E-state index is 4.03. The summed E-state index contributed by atoms with van der Waals surface area (Å²) in [5.41, 5.74) is 0.782. The van der Waals surface area contributed by atoms with Gasteiger partial charge in [0, 0.05) is 0 Å². The van der Waals surface area contributed by atoms with Crippen molar-refractivity contribution in [2.45, 2.75) is 0 Å². The summed E-state index contributed by atoms with van der Waals surface area (Å²) in [6.45, 7) is 3.55. The van der Waals surface area contributed by atoms with Gasteiger partial charge in [-0.3, -0.25) is 4.98 Å². The van der Waals surface area contributed by atoms with E-state index < -0.39 is 0 Å². The zero-order chi connectivity index (χ0) is 6.69. The molecular formula is C6H5BrN2. The number of rotatable bonds is 1. The molecule has 0 aliphatic rings. The average molecular weight is 185 g/mol. The van der Waals surface area contributed by atoms with Crippen molar-refractivity contribution in [2.24, 2.45) is 0 Å². The lowest BCUT2D eigenvalue weighted by molar-refractivity contribution is 1.14. The number of hydrogen-bond acceptors (Lipinski definition) is 2. The van der Waals surface area contributed by atoms with Gasteiger partial charge in [-0.25, -0.2) is 4.98 Å². The summed E-state index contributed by atoms with van der Waals surface area (Å²) in [4.78, 5) is 7.90. The van der Waals surface area contributed by atoms with Crippen LogP contribution >= 0.6 is 15.9 Å². The van der Waals surface area contributed by atoms with Crippen molar-refractivity contribution in [1.82, 2.24) is 9.97 Å². The van der Waals surface area contributed by atoms with Gasteiger partial charge in [0.05, 0.1) is 18.1 Å². The standard InChI is InChI=1S/C6H5BrN2/c1-2-5-3-8-4-6(7)9-5/h2-4H,1H2. The Hall–Kier alpha value is -0.700. The topological polar surface area (TPSA) is 25.8 Å². The number of aromatic nitrogens is 2. The van der Waals surface area contributed by atoms with E-state index >= 15 is 0 Å². The van der Waals surface area contributed by atoms with Gasteiger partial charge in [0.15, 0.2) is 0 Å². The van der Waals surface area contributed by atoms with Crippen molar-refractivity contribution in [3.8, 4) is 0 Å². The van der Waals surface area contributed by atoms with Crippen molar-refractivity contribution in [3.05, 3.63) is 29.3 Å². The molecule has 0 spiro atoms. The molecule has 1 heterocycles. The smallest absolute Gasteiger partial charge is 0.125 e. The molecule has 0 aliphatic heterocycles. The Morgan fingerprint density at radius 1 is 1.56 bits per heavy atom. The van der Waals surface area contributed by atoms with Crippen LogP contribution in [-0.2, 0) is 0 Å². The van der Waals surface area contributed by atoms with Gasteiger partial charge in [-0.1, -0.05) is 6.58 Å². The summed E-state index contributed by atoms with van der Waals surface area (Å²) < 4.78 is 0.736. The Bertz CT molecular complexity index is 222. The van der Waals surface area contributed by atoms with Crippen LogP contribution in [-0.4, -0.2) is 9.97 Å². The molecule has 0 radical (unpaired) electrons. The zero-order valence-corrected chi connectivity index (χ0v) is 6.30. The minimum absolute atomic E-state index is 0.736. The van der Waals surface area contributed by atoms with Crippen molar-refractivity contribution in [3.63, 3.8) is 0 Å². The van der Waals surface area contributed by atoms with Crippen LogP contribution in [0.25, 0.3) is 6.08 Å². The Labute approximate surface area is 61.8 Å². The number of hydrogen-bond donors (Lipinski definition) is 0. The molecular weight excluding hydrogens is 180 g/mol. The predicted octanol–water partition coefficient (Wildman–Crippen LogP) is 1.88. The maximum absolute atomic E-state index is 4.03. The molecule has 1 rings (SSSR count). The molecule has 3 heteroatoms. The van der Waals surface area contributed by atoms with Gasteiger partial charge >= 0.3 is 0 Å². The lowest BCUT2D eigenvalue weighted by Crippen LogP contribution is -1.82. The molecule has 0 amide bonds. The van der Waals surface area contributed by atoms with E-state index in [9.17, 15) is 0 Å². The van der Waals surface area contributed by atoms with Crippen LogP contribution in [0.1, 0.15) is 5.69 Å². The monoisotopic (exact) mass is 184 g/mol. The van der Waals surface area contributed by atoms with E-state index in [1.807, 2.05) is 0 Å².